The second-order valence-corrected chi connectivity index (χ2v) is 6.05. The van der Waals surface area contributed by atoms with E-state index < -0.39 is 0 Å². The molecule has 0 aliphatic carbocycles. The molecule has 1 N–H and O–H groups in total. The highest BCUT2D eigenvalue weighted by molar-refractivity contribution is 5.80. The van der Waals surface area contributed by atoms with Gasteiger partial charge in [-0.15, -0.1) is 0 Å². The maximum Gasteiger partial charge on any atom is 0.248 e. The van der Waals surface area contributed by atoms with Gasteiger partial charge >= 0.3 is 0 Å². The van der Waals surface area contributed by atoms with Crippen molar-refractivity contribution in [3.05, 3.63) is 0 Å². The summed E-state index contributed by atoms with van der Waals surface area (Å²) < 4.78 is 5.15. The molecule has 1 unspecified atom stereocenters. The van der Waals surface area contributed by atoms with Gasteiger partial charge in [0.15, 0.2) is 0 Å². The predicted molar refractivity (Wildman–Crippen MR) is 79.8 cm³/mol. The zero-order chi connectivity index (χ0) is 15.2. The van der Waals surface area contributed by atoms with Crippen molar-refractivity contribution in [2.45, 2.75) is 32.2 Å². The lowest BCUT2D eigenvalue weighted by molar-refractivity contribution is -0.139. The molecule has 0 aromatic carbocycles. The molecule has 0 radical (unpaired) electrons. The van der Waals surface area contributed by atoms with Crippen LogP contribution in [-0.2, 0) is 14.3 Å². The van der Waals surface area contributed by atoms with Gasteiger partial charge in [0.25, 0.3) is 0 Å². The smallest absolute Gasteiger partial charge is 0.248 e. The van der Waals surface area contributed by atoms with Crippen LogP contribution in [0.3, 0.4) is 0 Å². The topological polar surface area (TPSA) is 61.9 Å². The summed E-state index contributed by atoms with van der Waals surface area (Å²) in [5.41, 5.74) is 0. The fraction of sp³-hybridized carbons (Fsp3) is 0.867. The monoisotopic (exact) mass is 297 g/mol. The SMILES string of the molecule is CCOCC(=O)N1CCC(C(=O)NC2CCN(C)C2)CC1. The second kappa shape index (κ2) is 7.75. The largest absolute Gasteiger partial charge is 0.372 e. The highest BCUT2D eigenvalue weighted by atomic mass is 16.5. The molecule has 0 bridgehead atoms. The van der Waals surface area contributed by atoms with Gasteiger partial charge in [-0.25, -0.2) is 0 Å². The van der Waals surface area contributed by atoms with Crippen LogP contribution in [0.5, 0.6) is 0 Å². The molecule has 0 aromatic heterocycles. The molecule has 0 aromatic rings. The summed E-state index contributed by atoms with van der Waals surface area (Å²) in [6, 6.07) is 0.292. The summed E-state index contributed by atoms with van der Waals surface area (Å²) in [4.78, 5) is 28.1. The first-order chi connectivity index (χ1) is 10.1. The lowest BCUT2D eigenvalue weighted by Gasteiger charge is -2.31. The zero-order valence-corrected chi connectivity index (χ0v) is 13.1. The molecule has 2 saturated heterocycles. The van der Waals surface area contributed by atoms with Crippen LogP contribution in [0, 0.1) is 5.92 Å². The average molecular weight is 297 g/mol. The Morgan fingerprint density at radius 3 is 2.48 bits per heavy atom. The lowest BCUT2D eigenvalue weighted by atomic mass is 9.95. The van der Waals surface area contributed by atoms with Crippen molar-refractivity contribution >= 4 is 11.8 Å². The minimum Gasteiger partial charge on any atom is -0.372 e. The van der Waals surface area contributed by atoms with Gasteiger partial charge < -0.3 is 19.9 Å². The number of hydrogen-bond donors (Lipinski definition) is 1. The normalized spacial score (nSPS) is 24.3. The Kier molecular flexibility index (Phi) is 5.99. The maximum absolute atomic E-state index is 12.3. The van der Waals surface area contributed by atoms with Gasteiger partial charge in [0.2, 0.25) is 11.8 Å². The van der Waals surface area contributed by atoms with Crippen LogP contribution < -0.4 is 5.32 Å². The minimum atomic E-state index is 0.0353. The van der Waals surface area contributed by atoms with Crippen LogP contribution in [-0.4, -0.2) is 74.1 Å². The first-order valence-electron chi connectivity index (χ1n) is 7.94. The Balaban J connectivity index is 1.70. The van der Waals surface area contributed by atoms with Gasteiger partial charge in [0.1, 0.15) is 6.61 Å². The Morgan fingerprint density at radius 2 is 1.90 bits per heavy atom. The Hall–Kier alpha value is -1.14. The molecule has 0 spiro atoms. The number of piperidine rings is 1. The summed E-state index contributed by atoms with van der Waals surface area (Å²) in [6.07, 6.45) is 2.55. The Morgan fingerprint density at radius 1 is 1.19 bits per heavy atom. The van der Waals surface area contributed by atoms with Gasteiger partial charge in [-0.3, -0.25) is 9.59 Å². The number of nitrogens with zero attached hydrogens (tertiary/aromatic N) is 2. The van der Waals surface area contributed by atoms with Crippen molar-refractivity contribution < 1.29 is 14.3 Å². The number of amides is 2. The molecule has 2 aliphatic heterocycles. The van der Waals surface area contributed by atoms with E-state index in [9.17, 15) is 9.59 Å². The number of rotatable bonds is 5. The molecule has 0 saturated carbocycles. The fourth-order valence-corrected chi connectivity index (χ4v) is 3.04. The van der Waals surface area contributed by atoms with Crippen molar-refractivity contribution in [2.75, 3.05) is 46.4 Å². The van der Waals surface area contributed by atoms with Crippen LogP contribution in [0.2, 0.25) is 0 Å². The average Bonchev–Trinajstić information content (AvgIpc) is 2.90. The number of carbonyl (C=O) groups is 2. The number of likely N-dealkylation sites (N-methyl/N-ethyl adjacent to an activating group) is 1. The van der Waals surface area contributed by atoms with Gasteiger partial charge in [-0.1, -0.05) is 0 Å². The first kappa shape index (κ1) is 16.2. The molecular formula is C15H27N3O3. The third-order valence-corrected chi connectivity index (χ3v) is 4.39. The van der Waals surface area contributed by atoms with Crippen molar-refractivity contribution in [1.29, 1.82) is 0 Å². The third-order valence-electron chi connectivity index (χ3n) is 4.39. The fourth-order valence-electron chi connectivity index (χ4n) is 3.04. The molecule has 6 heteroatoms. The molecule has 120 valence electrons. The van der Waals surface area contributed by atoms with Crippen molar-refractivity contribution in [3.63, 3.8) is 0 Å². The summed E-state index contributed by atoms with van der Waals surface area (Å²) in [7, 11) is 2.08. The second-order valence-electron chi connectivity index (χ2n) is 6.05. The Bertz CT molecular complexity index is 367. The quantitative estimate of drug-likeness (QED) is 0.781. The molecule has 21 heavy (non-hydrogen) atoms. The van der Waals surface area contributed by atoms with Gasteiger partial charge in [0.05, 0.1) is 0 Å². The van der Waals surface area contributed by atoms with E-state index in [0.717, 1.165) is 32.4 Å². The maximum atomic E-state index is 12.3. The molecule has 1 atom stereocenters. The van der Waals surface area contributed by atoms with E-state index in [0.29, 0.717) is 25.7 Å². The van der Waals surface area contributed by atoms with Crippen molar-refractivity contribution in [1.82, 2.24) is 15.1 Å². The van der Waals surface area contributed by atoms with Crippen LogP contribution in [0.1, 0.15) is 26.2 Å². The van der Waals surface area contributed by atoms with E-state index in [1.165, 1.54) is 0 Å². The number of likely N-dealkylation sites (tertiary alicyclic amines) is 2. The van der Waals surface area contributed by atoms with E-state index in [1.807, 2.05) is 11.8 Å². The number of nitrogens with one attached hydrogen (secondary N) is 1. The predicted octanol–water partition coefficient (Wildman–Crippen LogP) is 0.0818. The van der Waals surface area contributed by atoms with E-state index in [2.05, 4.69) is 17.3 Å². The molecule has 2 heterocycles. The van der Waals surface area contributed by atoms with E-state index in [4.69, 9.17) is 4.74 Å². The standard InChI is InChI=1S/C15H27N3O3/c1-3-21-11-14(19)18-8-4-12(5-9-18)15(20)16-13-6-7-17(2)10-13/h12-13H,3-11H2,1-2H3,(H,16,20). The van der Waals surface area contributed by atoms with E-state index in [-0.39, 0.29) is 24.3 Å². The molecule has 6 nitrogen and oxygen atoms in total. The number of carbonyl (C=O) groups excluding carboxylic acids is 2. The van der Waals surface area contributed by atoms with Crippen molar-refractivity contribution in [2.24, 2.45) is 5.92 Å². The highest BCUT2D eigenvalue weighted by Crippen LogP contribution is 2.18. The van der Waals surface area contributed by atoms with Crippen LogP contribution in [0.4, 0.5) is 0 Å². The lowest BCUT2D eigenvalue weighted by Crippen LogP contribution is -2.46. The molecule has 2 rings (SSSR count). The van der Waals surface area contributed by atoms with E-state index >= 15 is 0 Å². The third kappa shape index (κ3) is 4.68. The minimum absolute atomic E-state index is 0.0353. The van der Waals surface area contributed by atoms with Crippen molar-refractivity contribution in [3.8, 4) is 0 Å². The van der Waals surface area contributed by atoms with Gasteiger partial charge in [-0.2, -0.15) is 0 Å². The Labute approximate surface area is 126 Å². The van der Waals surface area contributed by atoms with E-state index in [1.54, 1.807) is 0 Å². The summed E-state index contributed by atoms with van der Waals surface area (Å²) >= 11 is 0. The van der Waals surface area contributed by atoms with Gasteiger partial charge in [0, 0.05) is 38.2 Å². The summed E-state index contributed by atoms with van der Waals surface area (Å²) in [5.74, 6) is 0.243. The van der Waals surface area contributed by atoms with Crippen LogP contribution >= 0.6 is 0 Å². The summed E-state index contributed by atoms with van der Waals surface area (Å²) in [6.45, 7) is 5.91. The van der Waals surface area contributed by atoms with Gasteiger partial charge in [-0.05, 0) is 39.8 Å². The zero-order valence-electron chi connectivity index (χ0n) is 13.1. The van der Waals surface area contributed by atoms with Crippen LogP contribution in [0.15, 0.2) is 0 Å². The number of ether oxygens (including phenoxy) is 1. The molecule has 2 amide bonds. The first-order valence-corrected chi connectivity index (χ1v) is 7.94. The molecule has 2 fully saturated rings. The highest BCUT2D eigenvalue weighted by Gasteiger charge is 2.29. The van der Waals surface area contributed by atoms with Crippen LogP contribution in [0.25, 0.3) is 0 Å². The summed E-state index contributed by atoms with van der Waals surface area (Å²) in [5, 5.41) is 3.15. The number of hydrogen-bond acceptors (Lipinski definition) is 4. The molecule has 2 aliphatic rings. The molecular weight excluding hydrogens is 270 g/mol.